The molecule has 0 saturated heterocycles. The molecule has 0 bridgehead atoms. The van der Waals surface area contributed by atoms with Gasteiger partial charge in [0.15, 0.2) is 0 Å². The lowest BCUT2D eigenvalue weighted by Crippen LogP contribution is -2.18. The van der Waals surface area contributed by atoms with Crippen LogP contribution in [0.3, 0.4) is 0 Å². The van der Waals surface area contributed by atoms with Gasteiger partial charge in [-0.25, -0.2) is 9.36 Å². The van der Waals surface area contributed by atoms with Crippen LogP contribution >= 0.6 is 15.9 Å². The van der Waals surface area contributed by atoms with Crippen molar-refractivity contribution in [1.82, 2.24) is 4.57 Å². The Labute approximate surface area is 161 Å². The van der Waals surface area contributed by atoms with E-state index in [-0.39, 0.29) is 5.41 Å². The summed E-state index contributed by atoms with van der Waals surface area (Å²) in [4.78, 5) is 12.1. The van der Waals surface area contributed by atoms with Gasteiger partial charge in [0.1, 0.15) is 5.75 Å². The minimum atomic E-state index is -0.970. The zero-order valence-corrected chi connectivity index (χ0v) is 16.9. The number of rotatable bonds is 3. The maximum absolute atomic E-state index is 12.1. The largest absolute Gasteiger partial charge is 0.497 e. The molecule has 3 aromatic rings. The number of methoxy groups -OCH3 is 1. The van der Waals surface area contributed by atoms with Gasteiger partial charge < -0.3 is 9.84 Å². The average molecular weight is 416 g/mol. The Morgan fingerprint density at radius 1 is 1.15 bits per heavy atom. The second kappa shape index (κ2) is 6.80. The molecule has 0 aliphatic carbocycles. The van der Waals surface area contributed by atoms with Crippen LogP contribution in [0.4, 0.5) is 4.79 Å². The maximum atomic E-state index is 12.1. The second-order valence-electron chi connectivity index (χ2n) is 7.38. The quantitative estimate of drug-likeness (QED) is 0.585. The van der Waals surface area contributed by atoms with Gasteiger partial charge in [-0.15, -0.1) is 0 Å². The Hall–Kier alpha value is -2.27. The molecule has 1 heterocycles. The minimum Gasteiger partial charge on any atom is -0.497 e. The standard InChI is InChI=1S/C21H22BrNO3/c1-21(2,3)19-16-12-15(26-4)9-10-17(16)23(20(24)25)18(19)11-13-5-7-14(22)8-6-13/h5-10,12H,11H2,1-4H3,(H,24,25). The second-order valence-corrected chi connectivity index (χ2v) is 8.29. The van der Waals surface area contributed by atoms with Crippen molar-refractivity contribution in [2.45, 2.75) is 32.6 Å². The number of hydrogen-bond acceptors (Lipinski definition) is 2. The summed E-state index contributed by atoms with van der Waals surface area (Å²) in [5.41, 5.74) is 3.38. The van der Waals surface area contributed by atoms with Gasteiger partial charge in [-0.1, -0.05) is 48.8 Å². The lowest BCUT2D eigenvalue weighted by molar-refractivity contribution is 0.196. The van der Waals surface area contributed by atoms with Crippen LogP contribution in [0.25, 0.3) is 10.9 Å². The number of ether oxygens (including phenoxy) is 1. The van der Waals surface area contributed by atoms with Crippen molar-refractivity contribution in [3.05, 3.63) is 63.8 Å². The molecule has 0 aliphatic heterocycles. The highest BCUT2D eigenvalue weighted by molar-refractivity contribution is 9.10. The van der Waals surface area contributed by atoms with E-state index in [4.69, 9.17) is 4.74 Å². The molecular formula is C21H22BrNO3. The number of carbonyl (C=O) groups is 1. The van der Waals surface area contributed by atoms with Crippen LogP contribution in [0, 0.1) is 0 Å². The maximum Gasteiger partial charge on any atom is 0.416 e. The molecule has 0 aliphatic rings. The van der Waals surface area contributed by atoms with Crippen molar-refractivity contribution in [2.75, 3.05) is 7.11 Å². The van der Waals surface area contributed by atoms with Gasteiger partial charge >= 0.3 is 6.09 Å². The van der Waals surface area contributed by atoms with Gasteiger partial charge in [0.2, 0.25) is 0 Å². The fraction of sp³-hybridized carbons (Fsp3) is 0.286. The third-order valence-corrected chi connectivity index (χ3v) is 5.03. The third-order valence-electron chi connectivity index (χ3n) is 4.50. The zero-order chi connectivity index (χ0) is 19.1. The summed E-state index contributed by atoms with van der Waals surface area (Å²) in [5.74, 6) is 0.723. The van der Waals surface area contributed by atoms with Crippen LogP contribution in [-0.2, 0) is 11.8 Å². The van der Waals surface area contributed by atoms with Gasteiger partial charge in [0, 0.05) is 22.0 Å². The van der Waals surface area contributed by atoms with Gasteiger partial charge in [-0.3, -0.25) is 0 Å². The summed E-state index contributed by atoms with van der Waals surface area (Å²) in [5, 5.41) is 10.8. The Morgan fingerprint density at radius 2 is 1.81 bits per heavy atom. The van der Waals surface area contributed by atoms with Crippen LogP contribution in [-0.4, -0.2) is 22.9 Å². The van der Waals surface area contributed by atoms with E-state index < -0.39 is 6.09 Å². The summed E-state index contributed by atoms with van der Waals surface area (Å²) >= 11 is 3.45. The van der Waals surface area contributed by atoms with Crippen molar-refractivity contribution < 1.29 is 14.6 Å². The summed E-state index contributed by atoms with van der Waals surface area (Å²) in [6, 6.07) is 13.5. The monoisotopic (exact) mass is 415 g/mol. The number of fused-ring (bicyclic) bond motifs is 1. The predicted octanol–water partition coefficient (Wildman–Crippen LogP) is 5.83. The van der Waals surface area contributed by atoms with E-state index in [0.717, 1.165) is 32.4 Å². The number of nitrogens with zero attached hydrogens (tertiary/aromatic N) is 1. The topological polar surface area (TPSA) is 51.5 Å². The van der Waals surface area contributed by atoms with E-state index in [0.29, 0.717) is 11.9 Å². The highest BCUT2D eigenvalue weighted by Crippen LogP contribution is 2.38. The van der Waals surface area contributed by atoms with E-state index in [1.54, 1.807) is 13.2 Å². The molecule has 0 spiro atoms. The Morgan fingerprint density at radius 3 is 2.35 bits per heavy atom. The van der Waals surface area contributed by atoms with Crippen LogP contribution < -0.4 is 4.74 Å². The third kappa shape index (κ3) is 3.36. The van der Waals surface area contributed by atoms with Crippen LogP contribution in [0.2, 0.25) is 0 Å². The van der Waals surface area contributed by atoms with Crippen molar-refractivity contribution in [3.63, 3.8) is 0 Å². The van der Waals surface area contributed by atoms with Crippen molar-refractivity contribution in [1.29, 1.82) is 0 Å². The highest BCUT2D eigenvalue weighted by atomic mass is 79.9. The lowest BCUT2D eigenvalue weighted by atomic mass is 9.83. The normalized spacial score (nSPS) is 11.7. The summed E-state index contributed by atoms with van der Waals surface area (Å²) in [7, 11) is 1.62. The Bertz CT molecular complexity index is 966. The van der Waals surface area contributed by atoms with E-state index >= 15 is 0 Å². The first kappa shape index (κ1) is 18.5. The number of carboxylic acid groups (broad SMARTS) is 1. The molecular weight excluding hydrogens is 394 g/mol. The summed E-state index contributed by atoms with van der Waals surface area (Å²) in [6.45, 7) is 6.33. The molecule has 5 heteroatoms. The molecule has 1 aromatic heterocycles. The Kier molecular flexibility index (Phi) is 4.84. The first-order chi connectivity index (χ1) is 12.2. The van der Waals surface area contributed by atoms with Crippen molar-refractivity contribution in [3.8, 4) is 5.75 Å². The number of benzene rings is 2. The van der Waals surface area contributed by atoms with Crippen molar-refractivity contribution >= 4 is 32.9 Å². The SMILES string of the molecule is COc1ccc2c(c1)c(C(C)(C)C)c(Cc1ccc(Br)cc1)n2C(=O)O. The number of aromatic nitrogens is 1. The molecule has 26 heavy (non-hydrogen) atoms. The average Bonchev–Trinajstić information content (AvgIpc) is 2.89. The molecule has 0 amide bonds. The molecule has 0 fully saturated rings. The van der Waals surface area contributed by atoms with Crippen LogP contribution in [0.1, 0.15) is 37.6 Å². The Balaban J connectivity index is 2.32. The van der Waals surface area contributed by atoms with Gasteiger partial charge in [-0.2, -0.15) is 0 Å². The van der Waals surface area contributed by atoms with Crippen LogP contribution in [0.15, 0.2) is 46.9 Å². The van der Waals surface area contributed by atoms with Crippen LogP contribution in [0.5, 0.6) is 5.75 Å². The van der Waals surface area contributed by atoms with E-state index in [9.17, 15) is 9.90 Å². The molecule has 1 N–H and O–H groups in total. The fourth-order valence-corrected chi connectivity index (χ4v) is 3.73. The van der Waals surface area contributed by atoms with Gasteiger partial charge in [0.05, 0.1) is 12.6 Å². The smallest absolute Gasteiger partial charge is 0.416 e. The molecule has 0 atom stereocenters. The molecule has 4 nitrogen and oxygen atoms in total. The summed E-state index contributed by atoms with van der Waals surface area (Å²) in [6.07, 6.45) is -0.425. The molecule has 136 valence electrons. The lowest BCUT2D eigenvalue weighted by Gasteiger charge is -2.21. The molecule has 0 saturated carbocycles. The molecule has 2 aromatic carbocycles. The zero-order valence-electron chi connectivity index (χ0n) is 15.3. The first-order valence-corrected chi connectivity index (χ1v) is 9.21. The van der Waals surface area contributed by atoms with Crippen molar-refractivity contribution in [2.24, 2.45) is 0 Å². The molecule has 0 radical (unpaired) electrons. The van der Waals surface area contributed by atoms with E-state index in [1.807, 2.05) is 36.4 Å². The van der Waals surface area contributed by atoms with E-state index in [1.165, 1.54) is 4.57 Å². The number of hydrogen-bond donors (Lipinski definition) is 1. The summed E-state index contributed by atoms with van der Waals surface area (Å²) < 4.78 is 7.78. The molecule has 0 unspecified atom stereocenters. The highest BCUT2D eigenvalue weighted by Gasteiger charge is 2.28. The minimum absolute atomic E-state index is 0.212. The first-order valence-electron chi connectivity index (χ1n) is 8.42. The van der Waals surface area contributed by atoms with Gasteiger partial charge in [-0.05, 0) is 46.9 Å². The number of halogens is 1. The van der Waals surface area contributed by atoms with Gasteiger partial charge in [0.25, 0.3) is 0 Å². The van der Waals surface area contributed by atoms with E-state index in [2.05, 4.69) is 36.7 Å². The predicted molar refractivity (Wildman–Crippen MR) is 108 cm³/mol. The molecule has 3 rings (SSSR count). The fourth-order valence-electron chi connectivity index (χ4n) is 3.47.